The number of anilines is 1. The van der Waals surface area contributed by atoms with E-state index in [-0.39, 0.29) is 18.7 Å². The van der Waals surface area contributed by atoms with E-state index in [0.29, 0.717) is 15.9 Å². The van der Waals surface area contributed by atoms with Crippen molar-refractivity contribution in [2.75, 3.05) is 18.9 Å². The summed E-state index contributed by atoms with van der Waals surface area (Å²) < 4.78 is 19.6. The van der Waals surface area contributed by atoms with Gasteiger partial charge in [-0.25, -0.2) is 4.39 Å². The molecular weight excluding hydrogens is 339 g/mol. The summed E-state index contributed by atoms with van der Waals surface area (Å²) >= 11 is 3.20. The average Bonchev–Trinajstić information content (AvgIpc) is 2.47. The first kappa shape index (κ1) is 15.3. The van der Waals surface area contributed by atoms with E-state index < -0.39 is 11.7 Å². The van der Waals surface area contributed by atoms with Crippen LogP contribution in [0, 0.1) is 5.82 Å². The van der Waals surface area contributed by atoms with Crippen LogP contribution in [0.1, 0.15) is 10.4 Å². The predicted octanol–water partition coefficient (Wildman–Crippen LogP) is 2.98. The molecule has 0 bridgehead atoms. The van der Waals surface area contributed by atoms with Gasteiger partial charge < -0.3 is 15.8 Å². The number of ether oxygens (including phenoxy) is 1. The second-order valence-corrected chi connectivity index (χ2v) is 5.18. The number of carbonyl (C=O) groups excluding carboxylic acids is 1. The molecule has 0 fully saturated rings. The molecular formula is C15H14BrFN2O2. The van der Waals surface area contributed by atoms with E-state index in [1.165, 1.54) is 18.2 Å². The van der Waals surface area contributed by atoms with Crippen LogP contribution in [0.5, 0.6) is 5.75 Å². The monoisotopic (exact) mass is 352 g/mol. The van der Waals surface area contributed by atoms with Gasteiger partial charge in [0.05, 0.1) is 17.8 Å². The molecule has 1 amide bonds. The highest BCUT2D eigenvalue weighted by Crippen LogP contribution is 2.19. The summed E-state index contributed by atoms with van der Waals surface area (Å²) in [6.45, 7) is 0.495. The summed E-state index contributed by atoms with van der Waals surface area (Å²) in [4.78, 5) is 11.8. The van der Waals surface area contributed by atoms with Gasteiger partial charge >= 0.3 is 0 Å². The van der Waals surface area contributed by atoms with E-state index in [2.05, 4.69) is 21.2 Å². The highest BCUT2D eigenvalue weighted by atomic mass is 79.9. The molecule has 0 spiro atoms. The molecule has 0 aliphatic carbocycles. The summed E-state index contributed by atoms with van der Waals surface area (Å²) in [6.07, 6.45) is 0. The van der Waals surface area contributed by atoms with Crippen LogP contribution >= 0.6 is 15.9 Å². The zero-order chi connectivity index (χ0) is 15.2. The summed E-state index contributed by atoms with van der Waals surface area (Å²) in [7, 11) is 0. The molecule has 3 N–H and O–H groups in total. The second kappa shape index (κ2) is 7.08. The van der Waals surface area contributed by atoms with Gasteiger partial charge in [0, 0.05) is 4.47 Å². The van der Waals surface area contributed by atoms with Gasteiger partial charge in [-0.3, -0.25) is 4.79 Å². The van der Waals surface area contributed by atoms with Crippen LogP contribution in [0.4, 0.5) is 10.1 Å². The Hall–Kier alpha value is -2.08. The van der Waals surface area contributed by atoms with Crippen LogP contribution in [-0.4, -0.2) is 19.1 Å². The lowest BCUT2D eigenvalue weighted by molar-refractivity contribution is 0.0943. The van der Waals surface area contributed by atoms with Crippen LogP contribution in [-0.2, 0) is 0 Å². The summed E-state index contributed by atoms with van der Waals surface area (Å²) in [5.74, 6) is -0.497. The van der Waals surface area contributed by atoms with Crippen molar-refractivity contribution in [1.82, 2.24) is 5.32 Å². The van der Waals surface area contributed by atoms with Gasteiger partial charge in [0.1, 0.15) is 18.2 Å². The first-order chi connectivity index (χ1) is 10.1. The zero-order valence-electron chi connectivity index (χ0n) is 11.1. The van der Waals surface area contributed by atoms with E-state index in [0.717, 1.165) is 0 Å². The Balaban J connectivity index is 1.85. The number of nitrogens with two attached hydrogens (primary N) is 1. The molecule has 0 aliphatic heterocycles. The highest BCUT2D eigenvalue weighted by molar-refractivity contribution is 9.10. The smallest absolute Gasteiger partial charge is 0.254 e. The fourth-order valence-electron chi connectivity index (χ4n) is 1.70. The molecule has 2 aromatic rings. The van der Waals surface area contributed by atoms with Crippen LogP contribution < -0.4 is 15.8 Å². The summed E-state index contributed by atoms with van der Waals surface area (Å²) in [6, 6.07) is 11.3. The number of rotatable bonds is 5. The topological polar surface area (TPSA) is 64.3 Å². The number of hydrogen-bond donors (Lipinski definition) is 2. The zero-order valence-corrected chi connectivity index (χ0v) is 12.7. The minimum Gasteiger partial charge on any atom is -0.490 e. The molecule has 0 heterocycles. The van der Waals surface area contributed by atoms with Crippen molar-refractivity contribution in [2.24, 2.45) is 0 Å². The minimum absolute atomic E-state index is 0.0106. The lowest BCUT2D eigenvalue weighted by Crippen LogP contribution is -2.28. The maximum absolute atomic E-state index is 13.5. The van der Waals surface area contributed by atoms with E-state index >= 15 is 0 Å². The van der Waals surface area contributed by atoms with Crippen molar-refractivity contribution < 1.29 is 13.9 Å². The number of nitrogens with one attached hydrogen (secondary N) is 1. The summed E-state index contributed by atoms with van der Waals surface area (Å²) in [5, 5.41) is 2.59. The van der Waals surface area contributed by atoms with Gasteiger partial charge in [0.15, 0.2) is 0 Å². The van der Waals surface area contributed by atoms with Crippen LogP contribution in [0.3, 0.4) is 0 Å². The Morgan fingerprint density at radius 3 is 2.81 bits per heavy atom. The number of hydrogen-bond acceptors (Lipinski definition) is 3. The fraction of sp³-hybridized carbons (Fsp3) is 0.133. The number of para-hydroxylation sites is 2. The van der Waals surface area contributed by atoms with Crippen molar-refractivity contribution in [3.05, 3.63) is 58.3 Å². The molecule has 110 valence electrons. The van der Waals surface area contributed by atoms with Crippen LogP contribution in [0.25, 0.3) is 0 Å². The van der Waals surface area contributed by atoms with Crippen molar-refractivity contribution >= 4 is 27.5 Å². The van der Waals surface area contributed by atoms with Crippen molar-refractivity contribution in [3.8, 4) is 5.75 Å². The third-order valence-electron chi connectivity index (χ3n) is 2.74. The molecule has 21 heavy (non-hydrogen) atoms. The Labute approximate surface area is 130 Å². The van der Waals surface area contributed by atoms with Gasteiger partial charge in [-0.15, -0.1) is 0 Å². The fourth-order valence-corrected chi connectivity index (χ4v) is 2.07. The molecule has 0 unspecified atom stereocenters. The van der Waals surface area contributed by atoms with Gasteiger partial charge in [-0.1, -0.05) is 28.1 Å². The molecule has 0 atom stereocenters. The quantitative estimate of drug-likeness (QED) is 0.642. The molecule has 0 aromatic heterocycles. The molecule has 2 aromatic carbocycles. The molecule has 0 saturated carbocycles. The lowest BCUT2D eigenvalue weighted by atomic mass is 10.2. The van der Waals surface area contributed by atoms with E-state index in [1.54, 1.807) is 24.3 Å². The van der Waals surface area contributed by atoms with Crippen molar-refractivity contribution in [1.29, 1.82) is 0 Å². The van der Waals surface area contributed by atoms with Crippen LogP contribution in [0.15, 0.2) is 46.9 Å². The van der Waals surface area contributed by atoms with E-state index in [4.69, 9.17) is 10.5 Å². The van der Waals surface area contributed by atoms with E-state index in [1.807, 2.05) is 0 Å². The Bertz CT molecular complexity index is 649. The molecule has 4 nitrogen and oxygen atoms in total. The number of halogens is 2. The Morgan fingerprint density at radius 1 is 1.29 bits per heavy atom. The SMILES string of the molecule is Nc1ccccc1OCCNC(=O)c1cc(Br)ccc1F. The largest absolute Gasteiger partial charge is 0.490 e. The number of amides is 1. The number of benzene rings is 2. The van der Waals surface area contributed by atoms with Crippen LogP contribution in [0.2, 0.25) is 0 Å². The van der Waals surface area contributed by atoms with Crippen molar-refractivity contribution in [2.45, 2.75) is 0 Å². The molecule has 0 radical (unpaired) electrons. The van der Waals surface area contributed by atoms with Gasteiger partial charge in [0.2, 0.25) is 0 Å². The normalized spacial score (nSPS) is 10.2. The second-order valence-electron chi connectivity index (χ2n) is 4.27. The lowest BCUT2D eigenvalue weighted by Gasteiger charge is -2.10. The minimum atomic E-state index is -0.566. The van der Waals surface area contributed by atoms with Gasteiger partial charge in [-0.05, 0) is 30.3 Å². The van der Waals surface area contributed by atoms with Crippen molar-refractivity contribution in [3.63, 3.8) is 0 Å². The third-order valence-corrected chi connectivity index (χ3v) is 3.23. The predicted molar refractivity (Wildman–Crippen MR) is 82.8 cm³/mol. The Kier molecular flexibility index (Phi) is 5.16. The average molecular weight is 353 g/mol. The maximum Gasteiger partial charge on any atom is 0.254 e. The maximum atomic E-state index is 13.5. The molecule has 0 aliphatic rings. The van der Waals surface area contributed by atoms with Gasteiger partial charge in [-0.2, -0.15) is 0 Å². The highest BCUT2D eigenvalue weighted by Gasteiger charge is 2.11. The van der Waals surface area contributed by atoms with E-state index in [9.17, 15) is 9.18 Å². The molecule has 0 saturated heterocycles. The molecule has 6 heteroatoms. The number of nitrogen functional groups attached to an aromatic ring is 1. The summed E-state index contributed by atoms with van der Waals surface area (Å²) in [5.41, 5.74) is 6.24. The third kappa shape index (κ3) is 4.19. The Morgan fingerprint density at radius 2 is 2.05 bits per heavy atom. The molecule has 2 rings (SSSR count). The number of carbonyl (C=O) groups is 1. The van der Waals surface area contributed by atoms with Gasteiger partial charge in [0.25, 0.3) is 5.91 Å². The first-order valence-corrected chi connectivity index (χ1v) is 7.08. The first-order valence-electron chi connectivity index (χ1n) is 6.28. The standard InChI is InChI=1S/C15H14BrFN2O2/c16-10-5-6-12(17)11(9-10)15(20)19-7-8-21-14-4-2-1-3-13(14)18/h1-6,9H,7-8,18H2,(H,19,20).